The summed E-state index contributed by atoms with van der Waals surface area (Å²) in [5.74, 6) is -1.47. The number of nitrogens with one attached hydrogen (secondary N) is 1. The molecule has 0 aliphatic carbocycles. The molecule has 7 heteroatoms. The van der Waals surface area contributed by atoms with Gasteiger partial charge in [-0.15, -0.1) is 0 Å². The Morgan fingerprint density at radius 3 is 2.70 bits per heavy atom. The van der Waals surface area contributed by atoms with Crippen LogP contribution in [0, 0.1) is 0 Å². The maximum Gasteiger partial charge on any atom is 0.331 e. The van der Waals surface area contributed by atoms with Gasteiger partial charge in [0.25, 0.3) is 5.91 Å². The fraction of sp³-hybridized carbons (Fsp3) is 0.154. The van der Waals surface area contributed by atoms with E-state index in [1.165, 1.54) is 13.0 Å². The highest BCUT2D eigenvalue weighted by Crippen LogP contribution is 2.12. The third-order valence-electron chi connectivity index (χ3n) is 2.17. The van der Waals surface area contributed by atoms with Gasteiger partial charge in [-0.05, 0) is 30.7 Å². The van der Waals surface area contributed by atoms with Gasteiger partial charge in [0.15, 0.2) is 6.10 Å². The minimum absolute atomic E-state index is 0.697. The van der Waals surface area contributed by atoms with Crippen molar-refractivity contribution in [3.8, 4) is 0 Å². The van der Waals surface area contributed by atoms with Crippen LogP contribution >= 0.6 is 15.9 Å². The molecule has 0 radical (unpaired) electrons. The Bertz CT molecular complexity index is 557. The molecule has 0 saturated heterocycles. The number of amides is 3. The molecule has 0 fully saturated rings. The number of primary amides is 1. The van der Waals surface area contributed by atoms with E-state index in [-0.39, 0.29) is 0 Å². The van der Waals surface area contributed by atoms with Crippen LogP contribution in [-0.4, -0.2) is 24.0 Å². The smallest absolute Gasteiger partial charge is 0.331 e. The van der Waals surface area contributed by atoms with E-state index in [0.29, 0.717) is 0 Å². The summed E-state index contributed by atoms with van der Waals surface area (Å²) in [6.45, 7) is 1.34. The lowest BCUT2D eigenvalue weighted by Gasteiger charge is -2.10. The zero-order chi connectivity index (χ0) is 15.1. The van der Waals surface area contributed by atoms with E-state index in [1.54, 1.807) is 12.1 Å². The molecule has 0 aliphatic heterocycles. The van der Waals surface area contributed by atoms with Crippen molar-refractivity contribution in [2.24, 2.45) is 5.73 Å². The van der Waals surface area contributed by atoms with E-state index in [2.05, 4.69) is 15.9 Å². The maximum atomic E-state index is 11.5. The average molecular weight is 341 g/mol. The highest BCUT2D eigenvalue weighted by molar-refractivity contribution is 9.10. The van der Waals surface area contributed by atoms with Gasteiger partial charge in [0.1, 0.15) is 0 Å². The molecular weight excluding hydrogens is 328 g/mol. The number of nitrogens with two attached hydrogens (primary N) is 1. The van der Waals surface area contributed by atoms with Crippen LogP contribution in [0.3, 0.4) is 0 Å². The summed E-state index contributed by atoms with van der Waals surface area (Å²) in [5, 5.41) is 1.82. The maximum absolute atomic E-state index is 11.5. The van der Waals surface area contributed by atoms with Gasteiger partial charge in [0, 0.05) is 10.5 Å². The summed E-state index contributed by atoms with van der Waals surface area (Å²) in [7, 11) is 0. The monoisotopic (exact) mass is 340 g/mol. The summed E-state index contributed by atoms with van der Waals surface area (Å²) < 4.78 is 5.68. The van der Waals surface area contributed by atoms with E-state index in [0.717, 1.165) is 10.0 Å². The van der Waals surface area contributed by atoms with Gasteiger partial charge in [-0.2, -0.15) is 0 Å². The molecule has 1 rings (SSSR count). The lowest BCUT2D eigenvalue weighted by atomic mass is 10.2. The second kappa shape index (κ2) is 7.44. The van der Waals surface area contributed by atoms with Crippen LogP contribution in [0.25, 0.3) is 6.08 Å². The second-order valence-electron chi connectivity index (χ2n) is 3.82. The van der Waals surface area contributed by atoms with Crippen molar-refractivity contribution in [2.75, 3.05) is 0 Å². The summed E-state index contributed by atoms with van der Waals surface area (Å²) in [5.41, 5.74) is 5.58. The van der Waals surface area contributed by atoms with Crippen LogP contribution in [0.2, 0.25) is 0 Å². The molecule has 3 amide bonds. The van der Waals surface area contributed by atoms with E-state index < -0.39 is 24.0 Å². The number of carbonyl (C=O) groups excluding carboxylic acids is 3. The van der Waals surface area contributed by atoms with Crippen molar-refractivity contribution < 1.29 is 19.1 Å². The van der Waals surface area contributed by atoms with Crippen LogP contribution in [0.1, 0.15) is 12.5 Å². The Morgan fingerprint density at radius 1 is 1.40 bits per heavy atom. The van der Waals surface area contributed by atoms with Crippen molar-refractivity contribution in [1.29, 1.82) is 0 Å². The molecule has 1 aromatic carbocycles. The third kappa shape index (κ3) is 5.66. The Balaban J connectivity index is 2.55. The van der Waals surface area contributed by atoms with Crippen LogP contribution in [0.15, 0.2) is 34.8 Å². The van der Waals surface area contributed by atoms with Crippen LogP contribution in [0.4, 0.5) is 4.79 Å². The number of rotatable bonds is 4. The zero-order valence-electron chi connectivity index (χ0n) is 10.6. The highest BCUT2D eigenvalue weighted by atomic mass is 79.9. The molecular formula is C13H13BrN2O4. The fourth-order valence-electron chi connectivity index (χ4n) is 1.26. The highest BCUT2D eigenvalue weighted by Gasteiger charge is 2.17. The van der Waals surface area contributed by atoms with E-state index in [4.69, 9.17) is 10.5 Å². The molecule has 0 bridgehead atoms. The van der Waals surface area contributed by atoms with E-state index in [1.807, 2.05) is 23.5 Å². The number of benzene rings is 1. The molecule has 0 aliphatic rings. The average Bonchev–Trinajstić information content (AvgIpc) is 2.35. The molecule has 0 spiro atoms. The standard InChI is InChI=1S/C13H13BrN2O4/c1-8(12(18)16-13(15)19)20-11(17)6-5-9-3-2-4-10(14)7-9/h2-8H,1H3,(H3,15,16,18,19)/b6-5+/t8-/m1/s1. The largest absolute Gasteiger partial charge is 0.449 e. The predicted octanol–water partition coefficient (Wildman–Crippen LogP) is 1.59. The lowest BCUT2D eigenvalue weighted by Crippen LogP contribution is -2.42. The number of hydrogen-bond acceptors (Lipinski definition) is 4. The van der Waals surface area contributed by atoms with Crippen LogP contribution in [-0.2, 0) is 14.3 Å². The number of halogens is 1. The first-order valence-corrected chi connectivity index (χ1v) is 6.42. The Hall–Kier alpha value is -2.15. The molecule has 0 saturated carbocycles. The van der Waals surface area contributed by atoms with E-state index in [9.17, 15) is 14.4 Å². The van der Waals surface area contributed by atoms with Gasteiger partial charge in [-0.3, -0.25) is 10.1 Å². The molecule has 1 aromatic rings. The summed E-state index contributed by atoms with van der Waals surface area (Å²) in [4.78, 5) is 33.2. The number of ether oxygens (including phenoxy) is 1. The summed E-state index contributed by atoms with van der Waals surface area (Å²) >= 11 is 3.30. The Kier molecular flexibility index (Phi) is 5.92. The minimum atomic E-state index is -1.11. The zero-order valence-corrected chi connectivity index (χ0v) is 12.2. The van der Waals surface area contributed by atoms with Gasteiger partial charge in [0.05, 0.1) is 0 Å². The molecule has 3 N–H and O–H groups in total. The molecule has 106 valence electrons. The summed E-state index contributed by atoms with van der Waals surface area (Å²) in [6.07, 6.45) is 1.63. The van der Waals surface area contributed by atoms with Crippen molar-refractivity contribution in [3.05, 3.63) is 40.4 Å². The molecule has 0 unspecified atom stereocenters. The number of urea groups is 1. The number of hydrogen-bond donors (Lipinski definition) is 2. The molecule has 0 aromatic heterocycles. The number of imide groups is 1. The van der Waals surface area contributed by atoms with Crippen molar-refractivity contribution in [2.45, 2.75) is 13.0 Å². The van der Waals surface area contributed by atoms with Gasteiger partial charge in [-0.25, -0.2) is 9.59 Å². The normalized spacial score (nSPS) is 11.9. The van der Waals surface area contributed by atoms with Gasteiger partial charge < -0.3 is 10.5 Å². The Labute approximate surface area is 124 Å². The van der Waals surface area contributed by atoms with Gasteiger partial charge in [-0.1, -0.05) is 28.1 Å². The number of carbonyl (C=O) groups is 3. The first kappa shape index (κ1) is 15.9. The van der Waals surface area contributed by atoms with Crippen molar-refractivity contribution in [1.82, 2.24) is 5.32 Å². The first-order chi connectivity index (χ1) is 9.38. The molecule has 0 heterocycles. The second-order valence-corrected chi connectivity index (χ2v) is 4.74. The minimum Gasteiger partial charge on any atom is -0.449 e. The van der Waals surface area contributed by atoms with Gasteiger partial charge in [0.2, 0.25) is 0 Å². The van der Waals surface area contributed by atoms with Crippen molar-refractivity contribution >= 4 is 39.9 Å². The van der Waals surface area contributed by atoms with Gasteiger partial charge >= 0.3 is 12.0 Å². The SMILES string of the molecule is C[C@@H](OC(=O)/C=C/c1cccc(Br)c1)C(=O)NC(N)=O. The van der Waals surface area contributed by atoms with E-state index >= 15 is 0 Å². The molecule has 6 nitrogen and oxygen atoms in total. The number of esters is 1. The van der Waals surface area contributed by atoms with Crippen LogP contribution < -0.4 is 11.1 Å². The summed E-state index contributed by atoms with van der Waals surface area (Å²) in [6, 6.07) is 6.29. The first-order valence-electron chi connectivity index (χ1n) is 5.63. The molecule has 20 heavy (non-hydrogen) atoms. The fourth-order valence-corrected chi connectivity index (χ4v) is 1.68. The quantitative estimate of drug-likeness (QED) is 0.642. The Morgan fingerprint density at radius 2 is 2.10 bits per heavy atom. The molecule has 1 atom stereocenters. The third-order valence-corrected chi connectivity index (χ3v) is 2.66. The van der Waals surface area contributed by atoms with Crippen molar-refractivity contribution in [3.63, 3.8) is 0 Å². The lowest BCUT2D eigenvalue weighted by molar-refractivity contribution is -0.149. The topological polar surface area (TPSA) is 98.5 Å². The predicted molar refractivity (Wildman–Crippen MR) is 76.5 cm³/mol. The van der Waals surface area contributed by atoms with Crippen LogP contribution in [0.5, 0.6) is 0 Å².